The summed E-state index contributed by atoms with van der Waals surface area (Å²) in [5, 5.41) is 1.89. The first kappa shape index (κ1) is 14.4. The van der Waals surface area contributed by atoms with Crippen LogP contribution in [0.15, 0.2) is 49.1 Å². The van der Waals surface area contributed by atoms with Crippen molar-refractivity contribution in [2.24, 2.45) is 0 Å². The van der Waals surface area contributed by atoms with E-state index >= 15 is 0 Å². The van der Waals surface area contributed by atoms with Crippen molar-refractivity contribution < 1.29 is 0 Å². The molecule has 3 aromatic rings. The van der Waals surface area contributed by atoms with Gasteiger partial charge in [-0.3, -0.25) is 4.98 Å². The summed E-state index contributed by atoms with van der Waals surface area (Å²) in [6.45, 7) is 0.571. The first-order valence-electron chi connectivity index (χ1n) is 6.19. The van der Waals surface area contributed by atoms with Gasteiger partial charge in [-0.25, -0.2) is 4.98 Å². The third kappa shape index (κ3) is 3.21. The largest absolute Gasteiger partial charge is 0.326 e. The van der Waals surface area contributed by atoms with Crippen LogP contribution in [0.4, 0.5) is 0 Å². The van der Waals surface area contributed by atoms with E-state index in [1.165, 1.54) is 0 Å². The fraction of sp³-hybridized carbons (Fsp3) is 0.0667. The summed E-state index contributed by atoms with van der Waals surface area (Å²) < 4.78 is 1.98. The van der Waals surface area contributed by atoms with Crippen LogP contribution in [0.5, 0.6) is 0 Å². The molecule has 0 spiro atoms. The van der Waals surface area contributed by atoms with Crippen molar-refractivity contribution in [2.75, 3.05) is 0 Å². The molecule has 1 aromatic carbocycles. The topological polar surface area (TPSA) is 30.7 Å². The van der Waals surface area contributed by atoms with Gasteiger partial charge < -0.3 is 4.57 Å². The van der Waals surface area contributed by atoms with Gasteiger partial charge in [-0.2, -0.15) is 0 Å². The molecule has 0 aliphatic heterocycles. The minimum atomic E-state index is 0.571. The van der Waals surface area contributed by atoms with Crippen molar-refractivity contribution in [3.8, 4) is 11.4 Å². The molecule has 6 heteroatoms. The molecule has 0 amide bonds. The molecule has 106 valence electrons. The van der Waals surface area contributed by atoms with E-state index in [2.05, 4.69) is 9.97 Å². The van der Waals surface area contributed by atoms with Crippen LogP contribution in [0.25, 0.3) is 11.4 Å². The lowest BCUT2D eigenvalue weighted by molar-refractivity contribution is 0.807. The minimum absolute atomic E-state index is 0.571. The number of nitrogens with zero attached hydrogens (tertiary/aromatic N) is 3. The molecular formula is C15H10Cl3N3. The second-order valence-electron chi connectivity index (χ2n) is 4.51. The van der Waals surface area contributed by atoms with Gasteiger partial charge in [-0.05, 0) is 29.8 Å². The lowest BCUT2D eigenvalue weighted by Gasteiger charge is -2.10. The Kier molecular flexibility index (Phi) is 4.15. The zero-order valence-electron chi connectivity index (χ0n) is 10.8. The van der Waals surface area contributed by atoms with E-state index in [4.69, 9.17) is 34.8 Å². The smallest absolute Gasteiger partial charge is 0.141 e. The van der Waals surface area contributed by atoms with Crippen LogP contribution in [-0.2, 0) is 6.54 Å². The first-order chi connectivity index (χ1) is 10.1. The van der Waals surface area contributed by atoms with Gasteiger partial charge in [0, 0.05) is 40.4 Å². The molecule has 3 rings (SSSR count). The van der Waals surface area contributed by atoms with Crippen molar-refractivity contribution >= 4 is 34.8 Å². The number of pyridine rings is 1. The molecule has 3 nitrogen and oxygen atoms in total. The molecule has 2 heterocycles. The average Bonchev–Trinajstić information content (AvgIpc) is 2.91. The number of hydrogen-bond acceptors (Lipinski definition) is 2. The van der Waals surface area contributed by atoms with E-state index in [1.807, 2.05) is 22.9 Å². The highest BCUT2D eigenvalue weighted by molar-refractivity contribution is 6.33. The second-order valence-corrected chi connectivity index (χ2v) is 5.79. The second kappa shape index (κ2) is 6.06. The Labute approximate surface area is 137 Å². The van der Waals surface area contributed by atoms with E-state index < -0.39 is 0 Å². The van der Waals surface area contributed by atoms with Crippen LogP contribution in [0.1, 0.15) is 5.56 Å². The summed E-state index contributed by atoms with van der Waals surface area (Å²) in [6.07, 6.45) is 6.93. The minimum Gasteiger partial charge on any atom is -0.326 e. The van der Waals surface area contributed by atoms with Crippen LogP contribution in [0.3, 0.4) is 0 Å². The number of benzene rings is 1. The SMILES string of the molecule is Clc1cncc(-c2nccn2Cc2cc(Cl)ccc2Cl)c1. The number of hydrogen-bond donors (Lipinski definition) is 0. The van der Waals surface area contributed by atoms with Crippen LogP contribution in [-0.4, -0.2) is 14.5 Å². The molecule has 0 bridgehead atoms. The third-order valence-electron chi connectivity index (χ3n) is 3.03. The van der Waals surface area contributed by atoms with Gasteiger partial charge in [0.05, 0.1) is 11.6 Å². The quantitative estimate of drug-likeness (QED) is 0.676. The highest BCUT2D eigenvalue weighted by Gasteiger charge is 2.09. The fourth-order valence-electron chi connectivity index (χ4n) is 2.08. The lowest BCUT2D eigenvalue weighted by atomic mass is 10.2. The van der Waals surface area contributed by atoms with Crippen LogP contribution >= 0.6 is 34.8 Å². The van der Waals surface area contributed by atoms with Gasteiger partial charge in [-0.1, -0.05) is 34.8 Å². The van der Waals surface area contributed by atoms with E-state index in [0.29, 0.717) is 21.6 Å². The standard InChI is InChI=1S/C15H10Cl3N3/c16-12-1-2-14(18)11(6-12)9-21-4-3-20-15(21)10-5-13(17)8-19-7-10/h1-8H,9H2. The monoisotopic (exact) mass is 337 g/mol. The Morgan fingerprint density at radius 3 is 2.67 bits per heavy atom. The zero-order valence-corrected chi connectivity index (χ0v) is 13.1. The van der Waals surface area contributed by atoms with E-state index in [9.17, 15) is 0 Å². The van der Waals surface area contributed by atoms with Crippen molar-refractivity contribution in [1.82, 2.24) is 14.5 Å². The summed E-state index contributed by atoms with van der Waals surface area (Å²) in [7, 11) is 0. The normalized spacial score (nSPS) is 10.8. The Bertz CT molecular complexity index is 783. The van der Waals surface area contributed by atoms with Crippen molar-refractivity contribution in [3.63, 3.8) is 0 Å². The molecule has 0 unspecified atom stereocenters. The number of aromatic nitrogens is 3. The lowest BCUT2D eigenvalue weighted by Crippen LogP contribution is -2.02. The molecule has 0 radical (unpaired) electrons. The Hall–Kier alpha value is -1.55. The van der Waals surface area contributed by atoms with Crippen LogP contribution in [0.2, 0.25) is 15.1 Å². The summed E-state index contributed by atoms with van der Waals surface area (Å²) in [4.78, 5) is 8.45. The molecule has 0 fully saturated rings. The molecule has 21 heavy (non-hydrogen) atoms. The van der Waals surface area contributed by atoms with E-state index in [0.717, 1.165) is 17.0 Å². The van der Waals surface area contributed by atoms with Crippen LogP contribution in [0, 0.1) is 0 Å². The predicted molar refractivity (Wildman–Crippen MR) is 86.0 cm³/mol. The molecule has 0 aliphatic carbocycles. The summed E-state index contributed by atoms with van der Waals surface area (Å²) in [5.74, 6) is 0.779. The average molecular weight is 339 g/mol. The Morgan fingerprint density at radius 1 is 1.00 bits per heavy atom. The summed E-state index contributed by atoms with van der Waals surface area (Å²) in [6, 6.07) is 7.23. The molecule has 0 saturated heterocycles. The van der Waals surface area contributed by atoms with Gasteiger partial charge in [-0.15, -0.1) is 0 Å². The third-order valence-corrected chi connectivity index (χ3v) is 3.84. The number of imidazole rings is 1. The predicted octanol–water partition coefficient (Wildman–Crippen LogP) is 4.95. The Morgan fingerprint density at radius 2 is 1.86 bits per heavy atom. The van der Waals surface area contributed by atoms with Gasteiger partial charge >= 0.3 is 0 Å². The molecule has 2 aromatic heterocycles. The maximum Gasteiger partial charge on any atom is 0.141 e. The van der Waals surface area contributed by atoms with Gasteiger partial charge in [0.25, 0.3) is 0 Å². The molecular weight excluding hydrogens is 329 g/mol. The van der Waals surface area contributed by atoms with E-state index in [1.54, 1.807) is 30.7 Å². The maximum absolute atomic E-state index is 6.21. The summed E-state index contributed by atoms with van der Waals surface area (Å²) >= 11 is 18.2. The van der Waals surface area contributed by atoms with Gasteiger partial charge in [0.15, 0.2) is 0 Å². The molecule has 0 N–H and O–H groups in total. The van der Waals surface area contributed by atoms with Crippen molar-refractivity contribution in [1.29, 1.82) is 0 Å². The number of halogens is 3. The van der Waals surface area contributed by atoms with E-state index in [-0.39, 0.29) is 0 Å². The summed E-state index contributed by atoms with van der Waals surface area (Å²) in [5.41, 5.74) is 1.78. The fourth-order valence-corrected chi connectivity index (χ4v) is 2.63. The van der Waals surface area contributed by atoms with Crippen LogP contribution < -0.4 is 0 Å². The Balaban J connectivity index is 1.98. The highest BCUT2D eigenvalue weighted by Crippen LogP contribution is 2.25. The molecule has 0 atom stereocenters. The van der Waals surface area contributed by atoms with Crippen molar-refractivity contribution in [2.45, 2.75) is 6.54 Å². The van der Waals surface area contributed by atoms with Gasteiger partial charge in [0.2, 0.25) is 0 Å². The first-order valence-corrected chi connectivity index (χ1v) is 7.33. The maximum atomic E-state index is 6.21. The van der Waals surface area contributed by atoms with Crippen molar-refractivity contribution in [3.05, 3.63) is 69.7 Å². The van der Waals surface area contributed by atoms with Gasteiger partial charge in [0.1, 0.15) is 5.82 Å². The molecule has 0 saturated carbocycles. The highest BCUT2D eigenvalue weighted by atomic mass is 35.5. The molecule has 0 aliphatic rings. The zero-order chi connectivity index (χ0) is 14.8. The number of rotatable bonds is 3.